The van der Waals surface area contributed by atoms with Crippen LogP contribution in [-0.4, -0.2) is 17.0 Å². The molecule has 1 nitrogen and oxygen atoms in total. The lowest BCUT2D eigenvalue weighted by Gasteiger charge is -2.13. The first-order chi connectivity index (χ1) is 6.72. The molecule has 0 amide bonds. The Morgan fingerprint density at radius 2 is 2.36 bits per heavy atom. The van der Waals surface area contributed by atoms with Gasteiger partial charge in [-0.25, -0.2) is 0 Å². The lowest BCUT2D eigenvalue weighted by Crippen LogP contribution is -2.26. The Labute approximate surface area is 95.1 Å². The van der Waals surface area contributed by atoms with Crippen molar-refractivity contribution >= 4 is 23.1 Å². The molecule has 0 aliphatic carbocycles. The van der Waals surface area contributed by atoms with Crippen molar-refractivity contribution in [2.45, 2.75) is 38.0 Å². The second-order valence-electron chi connectivity index (χ2n) is 3.60. The second-order valence-corrected chi connectivity index (χ2v) is 6.10. The molecule has 3 heteroatoms. The monoisotopic (exact) mass is 229 g/mol. The summed E-state index contributed by atoms with van der Waals surface area (Å²) < 4.78 is 0. The molecule has 2 N–H and O–H groups in total. The SMILES string of the molecule is CCC(C)SCC(N)Cc1cccs1. The Kier molecular flexibility index (Phi) is 5.60. The van der Waals surface area contributed by atoms with E-state index >= 15 is 0 Å². The number of hydrogen-bond donors (Lipinski definition) is 1. The topological polar surface area (TPSA) is 26.0 Å². The molecule has 80 valence electrons. The van der Waals surface area contributed by atoms with Gasteiger partial charge in [-0.1, -0.05) is 19.9 Å². The summed E-state index contributed by atoms with van der Waals surface area (Å²) >= 11 is 3.79. The average Bonchev–Trinajstić information content (AvgIpc) is 2.66. The summed E-state index contributed by atoms with van der Waals surface area (Å²) in [5.74, 6) is 1.08. The minimum Gasteiger partial charge on any atom is -0.327 e. The summed E-state index contributed by atoms with van der Waals surface area (Å²) in [5, 5.41) is 2.86. The summed E-state index contributed by atoms with van der Waals surface area (Å²) in [5.41, 5.74) is 6.05. The first-order valence-electron chi connectivity index (χ1n) is 5.12. The van der Waals surface area contributed by atoms with Gasteiger partial charge in [0.25, 0.3) is 0 Å². The van der Waals surface area contributed by atoms with Crippen LogP contribution in [-0.2, 0) is 6.42 Å². The first-order valence-corrected chi connectivity index (χ1v) is 7.04. The molecule has 0 aromatic carbocycles. The molecule has 0 saturated heterocycles. The highest BCUT2D eigenvalue weighted by Gasteiger charge is 2.07. The van der Waals surface area contributed by atoms with E-state index in [1.54, 1.807) is 11.3 Å². The van der Waals surface area contributed by atoms with Crippen LogP contribution in [0.15, 0.2) is 17.5 Å². The summed E-state index contributed by atoms with van der Waals surface area (Å²) in [4.78, 5) is 1.40. The summed E-state index contributed by atoms with van der Waals surface area (Å²) in [6.07, 6.45) is 2.26. The van der Waals surface area contributed by atoms with Crippen molar-refractivity contribution in [3.8, 4) is 0 Å². The summed E-state index contributed by atoms with van der Waals surface area (Å²) in [6.45, 7) is 4.49. The Hall–Kier alpha value is 0.01000. The minimum atomic E-state index is 0.313. The van der Waals surface area contributed by atoms with E-state index in [0.29, 0.717) is 6.04 Å². The maximum Gasteiger partial charge on any atom is 0.0179 e. The molecule has 1 rings (SSSR count). The molecule has 0 radical (unpaired) electrons. The van der Waals surface area contributed by atoms with Crippen LogP contribution in [0.4, 0.5) is 0 Å². The quantitative estimate of drug-likeness (QED) is 0.811. The van der Waals surface area contributed by atoms with Crippen molar-refractivity contribution in [1.29, 1.82) is 0 Å². The van der Waals surface area contributed by atoms with Crippen molar-refractivity contribution < 1.29 is 0 Å². The maximum atomic E-state index is 6.05. The van der Waals surface area contributed by atoms with Gasteiger partial charge in [-0.15, -0.1) is 11.3 Å². The Morgan fingerprint density at radius 1 is 1.57 bits per heavy atom. The van der Waals surface area contributed by atoms with E-state index in [-0.39, 0.29) is 0 Å². The van der Waals surface area contributed by atoms with Crippen molar-refractivity contribution in [3.05, 3.63) is 22.4 Å². The lowest BCUT2D eigenvalue weighted by molar-refractivity contribution is 0.753. The van der Waals surface area contributed by atoms with E-state index < -0.39 is 0 Å². The summed E-state index contributed by atoms with van der Waals surface area (Å²) in [7, 11) is 0. The third-order valence-electron chi connectivity index (χ3n) is 2.21. The summed E-state index contributed by atoms with van der Waals surface area (Å²) in [6, 6.07) is 4.57. The molecule has 0 saturated carbocycles. The van der Waals surface area contributed by atoms with Gasteiger partial charge in [0.15, 0.2) is 0 Å². The molecule has 0 bridgehead atoms. The van der Waals surface area contributed by atoms with Gasteiger partial charge < -0.3 is 5.73 Å². The number of rotatable bonds is 6. The Balaban J connectivity index is 2.19. The molecule has 2 atom stereocenters. The van der Waals surface area contributed by atoms with Crippen molar-refractivity contribution in [1.82, 2.24) is 0 Å². The van der Waals surface area contributed by atoms with E-state index in [1.165, 1.54) is 11.3 Å². The highest BCUT2D eigenvalue weighted by molar-refractivity contribution is 7.99. The zero-order valence-electron chi connectivity index (χ0n) is 8.90. The molecule has 0 aliphatic rings. The molecule has 1 heterocycles. The first kappa shape index (κ1) is 12.1. The van der Waals surface area contributed by atoms with Gasteiger partial charge >= 0.3 is 0 Å². The second kappa shape index (κ2) is 6.49. The van der Waals surface area contributed by atoms with Crippen LogP contribution in [0.25, 0.3) is 0 Å². The van der Waals surface area contributed by atoms with Crippen LogP contribution in [0.2, 0.25) is 0 Å². The third-order valence-corrected chi connectivity index (χ3v) is 4.63. The van der Waals surface area contributed by atoms with E-state index in [1.807, 2.05) is 11.8 Å². The predicted octanol–water partition coefficient (Wildman–Crippen LogP) is 3.15. The maximum absolute atomic E-state index is 6.05. The van der Waals surface area contributed by atoms with Gasteiger partial charge in [-0.3, -0.25) is 0 Å². The molecule has 14 heavy (non-hydrogen) atoms. The molecule has 0 spiro atoms. The highest BCUT2D eigenvalue weighted by Crippen LogP contribution is 2.17. The minimum absolute atomic E-state index is 0.313. The molecular formula is C11H19NS2. The van der Waals surface area contributed by atoms with Crippen molar-refractivity contribution in [2.24, 2.45) is 5.73 Å². The lowest BCUT2D eigenvalue weighted by atomic mass is 10.2. The largest absolute Gasteiger partial charge is 0.327 e. The van der Waals surface area contributed by atoms with E-state index in [9.17, 15) is 0 Å². The van der Waals surface area contributed by atoms with Crippen LogP contribution >= 0.6 is 23.1 Å². The Morgan fingerprint density at radius 3 is 2.93 bits per heavy atom. The highest BCUT2D eigenvalue weighted by atomic mass is 32.2. The number of nitrogens with two attached hydrogens (primary N) is 1. The van der Waals surface area contributed by atoms with E-state index in [2.05, 4.69) is 31.4 Å². The zero-order chi connectivity index (χ0) is 10.4. The molecular weight excluding hydrogens is 210 g/mol. The molecule has 0 aliphatic heterocycles. The van der Waals surface area contributed by atoms with Gasteiger partial charge in [0.1, 0.15) is 0 Å². The molecule has 1 aromatic rings. The van der Waals surface area contributed by atoms with Crippen LogP contribution in [0.1, 0.15) is 25.1 Å². The number of thioether (sulfide) groups is 1. The fraction of sp³-hybridized carbons (Fsp3) is 0.636. The number of hydrogen-bond acceptors (Lipinski definition) is 3. The van der Waals surface area contributed by atoms with Crippen molar-refractivity contribution in [3.63, 3.8) is 0 Å². The molecule has 0 fully saturated rings. The van der Waals surface area contributed by atoms with Gasteiger partial charge in [0.2, 0.25) is 0 Å². The van der Waals surface area contributed by atoms with Gasteiger partial charge in [-0.05, 0) is 24.3 Å². The van der Waals surface area contributed by atoms with Crippen LogP contribution < -0.4 is 5.73 Å². The van der Waals surface area contributed by atoms with E-state index in [0.717, 1.165) is 17.4 Å². The van der Waals surface area contributed by atoms with Crippen LogP contribution in [0.3, 0.4) is 0 Å². The standard InChI is InChI=1S/C11H19NS2/c1-3-9(2)14-8-10(12)7-11-5-4-6-13-11/h4-6,9-10H,3,7-8,12H2,1-2H3. The average molecular weight is 229 g/mol. The van der Waals surface area contributed by atoms with Crippen LogP contribution in [0.5, 0.6) is 0 Å². The fourth-order valence-corrected chi connectivity index (χ4v) is 2.88. The predicted molar refractivity (Wildman–Crippen MR) is 68.2 cm³/mol. The fourth-order valence-electron chi connectivity index (χ4n) is 1.15. The molecule has 2 unspecified atom stereocenters. The van der Waals surface area contributed by atoms with Gasteiger partial charge in [0.05, 0.1) is 0 Å². The third kappa shape index (κ3) is 4.49. The van der Waals surface area contributed by atoms with Gasteiger partial charge in [-0.2, -0.15) is 11.8 Å². The normalized spacial score (nSPS) is 15.4. The van der Waals surface area contributed by atoms with Gasteiger partial charge in [0, 0.05) is 21.9 Å². The number of thiophene rings is 1. The van der Waals surface area contributed by atoms with Crippen LogP contribution in [0, 0.1) is 0 Å². The smallest absolute Gasteiger partial charge is 0.0179 e. The van der Waals surface area contributed by atoms with E-state index in [4.69, 9.17) is 5.73 Å². The zero-order valence-corrected chi connectivity index (χ0v) is 10.5. The molecule has 1 aromatic heterocycles. The Bertz CT molecular complexity index is 233. The van der Waals surface area contributed by atoms with Crippen molar-refractivity contribution in [2.75, 3.05) is 5.75 Å².